The number of benzene rings is 1. The summed E-state index contributed by atoms with van der Waals surface area (Å²) in [4.78, 5) is 16.4. The molecule has 4 N–H and O–H groups in total. The lowest BCUT2D eigenvalue weighted by atomic mass is 10.2. The minimum absolute atomic E-state index is 0.316. The highest BCUT2D eigenvalue weighted by atomic mass is 32.2. The van der Waals surface area contributed by atoms with E-state index >= 15 is 0 Å². The molecule has 1 aromatic carbocycles. The van der Waals surface area contributed by atoms with E-state index in [1.54, 1.807) is 30.5 Å². The number of carbonyl (C=O) groups excluding carboxylic acids is 1. The van der Waals surface area contributed by atoms with Gasteiger partial charge in [0.25, 0.3) is 5.91 Å². The van der Waals surface area contributed by atoms with Crippen LogP contribution < -0.4 is 15.8 Å². The summed E-state index contributed by atoms with van der Waals surface area (Å²) >= 11 is 1.38. The quantitative estimate of drug-likeness (QED) is 0.728. The van der Waals surface area contributed by atoms with E-state index in [2.05, 4.69) is 15.0 Å². The van der Waals surface area contributed by atoms with Crippen molar-refractivity contribution in [1.82, 2.24) is 4.98 Å². The van der Waals surface area contributed by atoms with Gasteiger partial charge in [0.15, 0.2) is 0 Å². The molecule has 1 heterocycles. The monoisotopic (exact) mass is 354 g/mol. The topological polar surface area (TPSA) is 114 Å². The largest absolute Gasteiger partial charge is 0.330 e. The van der Waals surface area contributed by atoms with E-state index < -0.39 is 10.0 Å². The van der Waals surface area contributed by atoms with Gasteiger partial charge in [-0.05, 0) is 31.2 Å². The summed E-state index contributed by atoms with van der Waals surface area (Å²) in [6, 6.07) is 5.00. The summed E-state index contributed by atoms with van der Waals surface area (Å²) in [5, 5.41) is 5.18. The number of anilines is 2. The van der Waals surface area contributed by atoms with Crippen molar-refractivity contribution in [3.8, 4) is 0 Å². The lowest BCUT2D eigenvalue weighted by Gasteiger charge is -2.10. The molecule has 0 saturated heterocycles. The third-order valence-corrected chi connectivity index (χ3v) is 4.43. The van der Waals surface area contributed by atoms with Gasteiger partial charge in [-0.25, -0.2) is 13.4 Å². The zero-order valence-electron chi connectivity index (χ0n) is 12.8. The van der Waals surface area contributed by atoms with Gasteiger partial charge in [-0.15, -0.1) is 11.3 Å². The van der Waals surface area contributed by atoms with Crippen molar-refractivity contribution in [2.24, 2.45) is 5.73 Å². The van der Waals surface area contributed by atoms with Crippen LogP contribution in [0.5, 0.6) is 0 Å². The van der Waals surface area contributed by atoms with E-state index in [0.717, 1.165) is 16.8 Å². The van der Waals surface area contributed by atoms with E-state index in [0.29, 0.717) is 30.0 Å². The fourth-order valence-corrected chi connectivity index (χ4v) is 3.27. The molecule has 124 valence electrons. The summed E-state index contributed by atoms with van der Waals surface area (Å²) in [5.41, 5.74) is 7.44. The maximum Gasteiger partial charge on any atom is 0.275 e. The first kappa shape index (κ1) is 17.4. The third kappa shape index (κ3) is 5.02. The molecule has 1 amide bonds. The molecule has 7 nitrogen and oxygen atoms in total. The van der Waals surface area contributed by atoms with E-state index in [4.69, 9.17) is 5.73 Å². The zero-order chi connectivity index (χ0) is 17.0. The minimum Gasteiger partial charge on any atom is -0.330 e. The van der Waals surface area contributed by atoms with Gasteiger partial charge in [-0.1, -0.05) is 6.07 Å². The van der Waals surface area contributed by atoms with Crippen LogP contribution >= 0.6 is 11.3 Å². The van der Waals surface area contributed by atoms with Crippen LogP contribution in [0.15, 0.2) is 23.6 Å². The Morgan fingerprint density at radius 2 is 2.13 bits per heavy atom. The van der Waals surface area contributed by atoms with Gasteiger partial charge in [0.1, 0.15) is 5.69 Å². The number of rotatable bonds is 6. The SMILES string of the molecule is Cc1ccc(NC(=O)c2csc(CCN)n2)cc1NS(C)(=O)=O. The maximum atomic E-state index is 12.2. The van der Waals surface area contributed by atoms with Crippen molar-refractivity contribution in [1.29, 1.82) is 0 Å². The number of hydrogen-bond acceptors (Lipinski definition) is 6. The Kier molecular flexibility index (Phi) is 5.34. The molecule has 0 aliphatic rings. The Hall–Kier alpha value is -1.97. The van der Waals surface area contributed by atoms with E-state index in [1.165, 1.54) is 11.3 Å². The Bertz CT molecular complexity index is 815. The molecule has 23 heavy (non-hydrogen) atoms. The van der Waals surface area contributed by atoms with Crippen LogP contribution in [0.1, 0.15) is 21.1 Å². The number of aromatic nitrogens is 1. The smallest absolute Gasteiger partial charge is 0.275 e. The fourth-order valence-electron chi connectivity index (χ4n) is 1.86. The highest BCUT2D eigenvalue weighted by molar-refractivity contribution is 7.92. The van der Waals surface area contributed by atoms with E-state index in [9.17, 15) is 13.2 Å². The molecule has 2 aromatic rings. The van der Waals surface area contributed by atoms with Crippen LogP contribution in [0.25, 0.3) is 0 Å². The highest BCUT2D eigenvalue weighted by Gasteiger charge is 2.12. The molecule has 1 aromatic heterocycles. The third-order valence-electron chi connectivity index (χ3n) is 2.93. The summed E-state index contributed by atoms with van der Waals surface area (Å²) in [6.07, 6.45) is 1.71. The second kappa shape index (κ2) is 7.07. The second-order valence-electron chi connectivity index (χ2n) is 5.02. The van der Waals surface area contributed by atoms with Gasteiger partial charge in [0, 0.05) is 17.5 Å². The molecule has 0 unspecified atom stereocenters. The maximum absolute atomic E-state index is 12.2. The number of nitrogens with zero attached hydrogens (tertiary/aromatic N) is 1. The number of carbonyl (C=O) groups is 1. The van der Waals surface area contributed by atoms with Crippen molar-refractivity contribution < 1.29 is 13.2 Å². The molecule has 0 bridgehead atoms. The van der Waals surface area contributed by atoms with Crippen molar-refractivity contribution in [2.75, 3.05) is 22.8 Å². The van der Waals surface area contributed by atoms with Crippen LogP contribution in [-0.4, -0.2) is 32.1 Å². The van der Waals surface area contributed by atoms with E-state index in [1.807, 2.05) is 0 Å². The summed E-state index contributed by atoms with van der Waals surface area (Å²) in [7, 11) is -3.39. The average Bonchev–Trinajstić information content (AvgIpc) is 2.90. The summed E-state index contributed by atoms with van der Waals surface area (Å²) in [6.45, 7) is 2.26. The van der Waals surface area contributed by atoms with Gasteiger partial charge in [0.2, 0.25) is 10.0 Å². The van der Waals surface area contributed by atoms with E-state index in [-0.39, 0.29) is 5.91 Å². The lowest BCUT2D eigenvalue weighted by molar-refractivity contribution is 0.102. The molecule has 9 heteroatoms. The molecule has 0 fully saturated rings. The fraction of sp³-hybridized carbons (Fsp3) is 0.286. The standard InChI is InChI=1S/C14H18N4O3S2/c1-9-3-4-10(7-11(9)18-23(2,20)21)16-14(19)12-8-22-13(17-12)5-6-15/h3-4,7-8,18H,5-6,15H2,1-2H3,(H,16,19). The molecule has 0 radical (unpaired) electrons. The van der Waals surface area contributed by atoms with Gasteiger partial charge in [0.05, 0.1) is 17.0 Å². The number of amides is 1. The van der Waals surface area contributed by atoms with Crippen molar-refractivity contribution >= 4 is 38.6 Å². The Morgan fingerprint density at radius 1 is 1.39 bits per heavy atom. The van der Waals surface area contributed by atoms with Crippen LogP contribution in [0.3, 0.4) is 0 Å². The Labute approximate surface area is 139 Å². The number of aryl methyl sites for hydroxylation is 1. The first-order valence-corrected chi connectivity index (χ1v) is 9.60. The van der Waals surface area contributed by atoms with Gasteiger partial charge in [-0.3, -0.25) is 9.52 Å². The number of nitrogens with two attached hydrogens (primary N) is 1. The molecule has 0 spiro atoms. The number of sulfonamides is 1. The molecular formula is C14H18N4O3S2. The van der Waals surface area contributed by atoms with Crippen molar-refractivity contribution in [3.63, 3.8) is 0 Å². The van der Waals surface area contributed by atoms with Crippen LogP contribution in [0.2, 0.25) is 0 Å². The van der Waals surface area contributed by atoms with Crippen LogP contribution in [0, 0.1) is 6.92 Å². The predicted octanol–water partition coefficient (Wildman–Crippen LogP) is 1.58. The summed E-state index contributed by atoms with van der Waals surface area (Å²) in [5.74, 6) is -0.348. The Balaban J connectivity index is 2.15. The van der Waals surface area contributed by atoms with Crippen LogP contribution in [-0.2, 0) is 16.4 Å². The zero-order valence-corrected chi connectivity index (χ0v) is 14.4. The highest BCUT2D eigenvalue weighted by Crippen LogP contribution is 2.22. The first-order chi connectivity index (χ1) is 10.8. The Morgan fingerprint density at radius 3 is 2.78 bits per heavy atom. The lowest BCUT2D eigenvalue weighted by Crippen LogP contribution is -2.14. The van der Waals surface area contributed by atoms with Crippen LogP contribution in [0.4, 0.5) is 11.4 Å². The molecule has 0 saturated carbocycles. The minimum atomic E-state index is -3.39. The first-order valence-electron chi connectivity index (χ1n) is 6.83. The number of thiazole rings is 1. The van der Waals surface area contributed by atoms with Gasteiger partial charge >= 0.3 is 0 Å². The van der Waals surface area contributed by atoms with Gasteiger partial charge in [-0.2, -0.15) is 0 Å². The second-order valence-corrected chi connectivity index (χ2v) is 7.71. The van der Waals surface area contributed by atoms with Gasteiger partial charge < -0.3 is 11.1 Å². The molecule has 2 rings (SSSR count). The predicted molar refractivity (Wildman–Crippen MR) is 92.5 cm³/mol. The molecule has 0 atom stereocenters. The molecule has 0 aliphatic carbocycles. The number of nitrogens with one attached hydrogen (secondary N) is 2. The molecule has 0 aliphatic heterocycles. The average molecular weight is 354 g/mol. The summed E-state index contributed by atoms with van der Waals surface area (Å²) < 4.78 is 25.1. The van der Waals surface area contributed by atoms with Crippen molar-refractivity contribution in [2.45, 2.75) is 13.3 Å². The molecular weight excluding hydrogens is 336 g/mol. The van der Waals surface area contributed by atoms with Crippen molar-refractivity contribution in [3.05, 3.63) is 39.8 Å². The normalized spacial score (nSPS) is 11.3. The number of hydrogen-bond donors (Lipinski definition) is 3.